The fraction of sp³-hybridized carbons (Fsp3) is 0.412. The molecular weight excluding hydrogens is 266 g/mol. The predicted octanol–water partition coefficient (Wildman–Crippen LogP) is 3.62. The third kappa shape index (κ3) is 8.63. The smallest absolute Gasteiger partial charge is 0.407 e. The molecule has 0 bridgehead atoms. The second-order valence-electron chi connectivity index (χ2n) is 4.84. The molecule has 0 aliphatic heterocycles. The summed E-state index contributed by atoms with van der Waals surface area (Å²) in [5, 5.41) is 2.48. The lowest BCUT2D eigenvalue weighted by Gasteiger charge is -2.06. The van der Waals surface area contributed by atoms with E-state index in [4.69, 9.17) is 4.74 Å². The molecule has 0 aliphatic carbocycles. The van der Waals surface area contributed by atoms with Crippen LogP contribution in [0.15, 0.2) is 43.0 Å². The number of benzene rings is 1. The van der Waals surface area contributed by atoms with E-state index in [-0.39, 0.29) is 18.9 Å². The van der Waals surface area contributed by atoms with Gasteiger partial charge in [0.05, 0.1) is 6.54 Å². The number of carbonyl (C=O) groups is 2. The molecule has 1 N–H and O–H groups in total. The number of allylic oxidation sites excluding steroid dienone is 1. The van der Waals surface area contributed by atoms with Crippen LogP contribution in [-0.4, -0.2) is 18.4 Å². The first-order valence-electron chi connectivity index (χ1n) is 7.29. The number of hydrogen-bond acceptors (Lipinski definition) is 3. The number of carbonyl (C=O) groups excluding carboxylic acids is 2. The molecule has 0 aliphatic rings. The summed E-state index contributed by atoms with van der Waals surface area (Å²) >= 11 is 0. The molecule has 0 spiro atoms. The average Bonchev–Trinajstić information content (AvgIpc) is 2.51. The van der Waals surface area contributed by atoms with Gasteiger partial charge in [0.1, 0.15) is 6.61 Å². The molecule has 0 aromatic heterocycles. The SMILES string of the molecule is C=CCCCCCC(=O)CNC(=O)OCc1ccccc1. The highest BCUT2D eigenvalue weighted by Crippen LogP contribution is 2.04. The van der Waals surface area contributed by atoms with Gasteiger partial charge in [-0.2, -0.15) is 0 Å². The van der Waals surface area contributed by atoms with Gasteiger partial charge >= 0.3 is 6.09 Å². The van der Waals surface area contributed by atoms with Crippen molar-refractivity contribution in [1.29, 1.82) is 0 Å². The molecule has 1 aromatic carbocycles. The van der Waals surface area contributed by atoms with E-state index in [1.807, 2.05) is 36.4 Å². The summed E-state index contributed by atoms with van der Waals surface area (Å²) in [7, 11) is 0. The van der Waals surface area contributed by atoms with Crippen LogP contribution in [0.25, 0.3) is 0 Å². The molecule has 0 saturated heterocycles. The number of ether oxygens (including phenoxy) is 1. The van der Waals surface area contributed by atoms with E-state index in [1.165, 1.54) is 0 Å². The minimum atomic E-state index is -0.557. The molecule has 0 unspecified atom stereocenters. The van der Waals surface area contributed by atoms with Gasteiger partial charge in [0.2, 0.25) is 0 Å². The predicted molar refractivity (Wildman–Crippen MR) is 82.9 cm³/mol. The fourth-order valence-electron chi connectivity index (χ4n) is 1.82. The lowest BCUT2D eigenvalue weighted by molar-refractivity contribution is -0.118. The van der Waals surface area contributed by atoms with Gasteiger partial charge in [0, 0.05) is 6.42 Å². The largest absolute Gasteiger partial charge is 0.445 e. The summed E-state index contributed by atoms with van der Waals surface area (Å²) in [6, 6.07) is 9.42. The first-order chi connectivity index (χ1) is 10.2. The molecule has 1 aromatic rings. The van der Waals surface area contributed by atoms with Crippen molar-refractivity contribution in [2.45, 2.75) is 38.7 Å². The zero-order valence-corrected chi connectivity index (χ0v) is 12.3. The van der Waals surface area contributed by atoms with E-state index < -0.39 is 6.09 Å². The molecule has 1 amide bonds. The van der Waals surface area contributed by atoms with Crippen LogP contribution in [0.4, 0.5) is 4.79 Å². The summed E-state index contributed by atoms with van der Waals surface area (Å²) in [5.41, 5.74) is 0.918. The maximum Gasteiger partial charge on any atom is 0.407 e. The first kappa shape index (κ1) is 17.0. The topological polar surface area (TPSA) is 55.4 Å². The van der Waals surface area contributed by atoms with Gasteiger partial charge in [-0.15, -0.1) is 6.58 Å². The lowest BCUT2D eigenvalue weighted by Crippen LogP contribution is -2.29. The molecule has 0 atom stereocenters. The van der Waals surface area contributed by atoms with Crippen LogP contribution in [0.1, 0.15) is 37.7 Å². The second kappa shape index (κ2) is 10.7. The number of Topliss-reactive ketones (excluding diaryl/α,β-unsaturated/α-hetero) is 1. The van der Waals surface area contributed by atoms with Crippen molar-refractivity contribution in [2.75, 3.05) is 6.54 Å². The molecule has 4 heteroatoms. The van der Waals surface area contributed by atoms with Crippen LogP contribution in [0.3, 0.4) is 0 Å². The summed E-state index contributed by atoms with van der Waals surface area (Å²) in [4.78, 5) is 23.0. The number of unbranched alkanes of at least 4 members (excludes halogenated alkanes) is 3. The zero-order chi connectivity index (χ0) is 15.3. The Morgan fingerprint density at radius 2 is 1.90 bits per heavy atom. The van der Waals surface area contributed by atoms with Crippen LogP contribution in [0.5, 0.6) is 0 Å². The van der Waals surface area contributed by atoms with E-state index in [9.17, 15) is 9.59 Å². The van der Waals surface area contributed by atoms with Crippen LogP contribution < -0.4 is 5.32 Å². The number of amides is 1. The van der Waals surface area contributed by atoms with Crippen molar-refractivity contribution >= 4 is 11.9 Å². The minimum absolute atomic E-state index is 0.0327. The van der Waals surface area contributed by atoms with Crippen molar-refractivity contribution < 1.29 is 14.3 Å². The normalized spacial score (nSPS) is 9.90. The van der Waals surface area contributed by atoms with Gasteiger partial charge < -0.3 is 10.1 Å². The third-order valence-electron chi connectivity index (χ3n) is 3.01. The maximum absolute atomic E-state index is 11.6. The molecule has 0 saturated carbocycles. The third-order valence-corrected chi connectivity index (χ3v) is 3.01. The lowest BCUT2D eigenvalue weighted by atomic mass is 10.1. The number of nitrogens with one attached hydrogen (secondary N) is 1. The van der Waals surface area contributed by atoms with Gasteiger partial charge in [-0.3, -0.25) is 4.79 Å². The second-order valence-corrected chi connectivity index (χ2v) is 4.84. The van der Waals surface area contributed by atoms with Gasteiger partial charge in [-0.25, -0.2) is 4.79 Å². The molecule has 0 fully saturated rings. The van der Waals surface area contributed by atoms with Crippen LogP contribution >= 0.6 is 0 Å². The van der Waals surface area contributed by atoms with E-state index in [2.05, 4.69) is 11.9 Å². The highest BCUT2D eigenvalue weighted by atomic mass is 16.5. The zero-order valence-electron chi connectivity index (χ0n) is 12.3. The average molecular weight is 289 g/mol. The number of rotatable bonds is 10. The fourth-order valence-corrected chi connectivity index (χ4v) is 1.82. The van der Waals surface area contributed by atoms with Crippen molar-refractivity contribution in [2.24, 2.45) is 0 Å². The Hall–Kier alpha value is -2.10. The van der Waals surface area contributed by atoms with Crippen molar-refractivity contribution in [3.8, 4) is 0 Å². The van der Waals surface area contributed by atoms with E-state index >= 15 is 0 Å². The Bertz CT molecular complexity index is 443. The van der Waals surface area contributed by atoms with Crippen LogP contribution in [0, 0.1) is 0 Å². The molecule has 4 nitrogen and oxygen atoms in total. The Morgan fingerprint density at radius 3 is 2.62 bits per heavy atom. The van der Waals surface area contributed by atoms with Gasteiger partial charge in [-0.05, 0) is 24.8 Å². The monoisotopic (exact) mass is 289 g/mol. The molecule has 21 heavy (non-hydrogen) atoms. The summed E-state index contributed by atoms with van der Waals surface area (Å²) in [6.45, 7) is 3.90. The van der Waals surface area contributed by atoms with E-state index in [1.54, 1.807) is 0 Å². The van der Waals surface area contributed by atoms with E-state index in [0.29, 0.717) is 6.42 Å². The number of hydrogen-bond donors (Lipinski definition) is 1. The summed E-state index contributed by atoms with van der Waals surface area (Å²) in [6.07, 6.45) is 5.73. The number of alkyl carbamates (subject to hydrolysis) is 1. The maximum atomic E-state index is 11.6. The van der Waals surface area contributed by atoms with Crippen molar-refractivity contribution in [1.82, 2.24) is 5.32 Å². The molecule has 0 heterocycles. The molecule has 0 radical (unpaired) electrons. The van der Waals surface area contributed by atoms with Gasteiger partial charge in [-0.1, -0.05) is 42.8 Å². The number of ketones is 1. The summed E-state index contributed by atoms with van der Waals surface area (Å²) in [5.74, 6) is 0.0327. The van der Waals surface area contributed by atoms with E-state index in [0.717, 1.165) is 31.2 Å². The molecule has 114 valence electrons. The summed E-state index contributed by atoms with van der Waals surface area (Å²) < 4.78 is 5.02. The Balaban J connectivity index is 2.06. The standard InChI is InChI=1S/C17H23NO3/c1-2-3-4-5-9-12-16(19)13-18-17(20)21-14-15-10-7-6-8-11-15/h2,6-8,10-11H,1,3-5,9,12-14H2,(H,18,20). The highest BCUT2D eigenvalue weighted by Gasteiger charge is 2.06. The first-order valence-corrected chi connectivity index (χ1v) is 7.29. The van der Waals surface area contributed by atoms with Gasteiger partial charge in [0.15, 0.2) is 5.78 Å². The van der Waals surface area contributed by atoms with Crippen LogP contribution in [0.2, 0.25) is 0 Å². The van der Waals surface area contributed by atoms with Crippen LogP contribution in [-0.2, 0) is 16.1 Å². The Labute approximate surface area is 126 Å². The minimum Gasteiger partial charge on any atom is -0.445 e. The molecular formula is C17H23NO3. The van der Waals surface area contributed by atoms with Crippen molar-refractivity contribution in [3.63, 3.8) is 0 Å². The Kier molecular flexibility index (Phi) is 8.61. The quantitative estimate of drug-likeness (QED) is 0.528. The molecule has 1 rings (SSSR count). The Morgan fingerprint density at radius 1 is 1.14 bits per heavy atom. The highest BCUT2D eigenvalue weighted by molar-refractivity contribution is 5.83. The van der Waals surface area contributed by atoms with Crippen molar-refractivity contribution in [3.05, 3.63) is 48.6 Å². The van der Waals surface area contributed by atoms with Gasteiger partial charge in [0.25, 0.3) is 0 Å².